The van der Waals surface area contributed by atoms with Gasteiger partial charge in [-0.3, -0.25) is 0 Å². The predicted molar refractivity (Wildman–Crippen MR) is 175 cm³/mol. The number of aryl methyl sites for hydroxylation is 2. The summed E-state index contributed by atoms with van der Waals surface area (Å²) in [7, 11) is 0. The van der Waals surface area contributed by atoms with E-state index in [0.717, 1.165) is 0 Å². The van der Waals surface area contributed by atoms with Crippen LogP contribution in [0.3, 0.4) is 0 Å². The van der Waals surface area contributed by atoms with Gasteiger partial charge in [-0.05, 0) is 134 Å². The van der Waals surface area contributed by atoms with Crippen LogP contribution in [-0.2, 0) is 0 Å². The van der Waals surface area contributed by atoms with Crippen molar-refractivity contribution in [2.45, 2.75) is 13.8 Å². The third kappa shape index (κ3) is 3.85. The minimum Gasteiger partial charge on any atom is -0.310 e. The van der Waals surface area contributed by atoms with Crippen LogP contribution in [0.5, 0.6) is 0 Å². The van der Waals surface area contributed by atoms with E-state index >= 15 is 0 Å². The summed E-state index contributed by atoms with van der Waals surface area (Å²) in [5, 5.41) is 5.11. The van der Waals surface area contributed by atoms with Gasteiger partial charge in [0.2, 0.25) is 0 Å². The number of hydrogen-bond acceptors (Lipinski definition) is 1. The first kappa shape index (κ1) is 23.7. The van der Waals surface area contributed by atoms with Crippen LogP contribution >= 0.6 is 0 Å². The molecule has 1 aliphatic rings. The Balaban J connectivity index is 1.23. The monoisotopic (exact) mass is 523 g/mol. The summed E-state index contributed by atoms with van der Waals surface area (Å²) < 4.78 is 0. The largest absolute Gasteiger partial charge is 0.310 e. The highest BCUT2D eigenvalue weighted by atomic mass is 15.1. The van der Waals surface area contributed by atoms with Crippen molar-refractivity contribution in [1.29, 1.82) is 0 Å². The zero-order chi connectivity index (χ0) is 27.5. The summed E-state index contributed by atoms with van der Waals surface area (Å²) in [5.41, 5.74) is 14.0. The van der Waals surface area contributed by atoms with E-state index in [4.69, 9.17) is 0 Å². The summed E-state index contributed by atoms with van der Waals surface area (Å²) in [6, 6.07) is 51.1. The molecule has 0 heterocycles. The van der Waals surface area contributed by atoms with Crippen molar-refractivity contribution in [3.8, 4) is 33.4 Å². The van der Waals surface area contributed by atoms with E-state index < -0.39 is 0 Å². The van der Waals surface area contributed by atoms with Crippen molar-refractivity contribution in [2.75, 3.05) is 4.90 Å². The predicted octanol–water partition coefficient (Wildman–Crippen LogP) is 11.4. The number of benzene rings is 7. The summed E-state index contributed by atoms with van der Waals surface area (Å²) in [6.45, 7) is 4.40. The van der Waals surface area contributed by atoms with Gasteiger partial charge in [0, 0.05) is 11.4 Å². The minimum atomic E-state index is 1.17. The molecule has 0 atom stereocenters. The molecular formula is C40H29N. The molecule has 7 aromatic carbocycles. The second kappa shape index (κ2) is 9.21. The number of para-hydroxylation sites is 2. The molecule has 0 radical (unpaired) electrons. The Bertz CT molecular complexity index is 2090. The first-order valence-electron chi connectivity index (χ1n) is 14.3. The van der Waals surface area contributed by atoms with Crippen molar-refractivity contribution in [2.24, 2.45) is 0 Å². The maximum absolute atomic E-state index is 2.40. The molecule has 1 heteroatoms. The Morgan fingerprint density at radius 1 is 0.366 bits per heavy atom. The average Bonchev–Trinajstić information content (AvgIpc) is 3.01. The topological polar surface area (TPSA) is 3.24 Å². The van der Waals surface area contributed by atoms with E-state index in [-0.39, 0.29) is 0 Å². The van der Waals surface area contributed by atoms with Gasteiger partial charge in [-0.25, -0.2) is 0 Å². The highest BCUT2D eigenvalue weighted by molar-refractivity contribution is 6.12. The lowest BCUT2D eigenvalue weighted by Crippen LogP contribution is -2.12. The van der Waals surface area contributed by atoms with Crippen LogP contribution in [0.2, 0.25) is 0 Å². The molecule has 0 N–H and O–H groups in total. The van der Waals surface area contributed by atoms with Gasteiger partial charge in [-0.2, -0.15) is 0 Å². The fourth-order valence-corrected chi connectivity index (χ4v) is 6.50. The van der Waals surface area contributed by atoms with Gasteiger partial charge in [-0.1, -0.05) is 84.9 Å². The van der Waals surface area contributed by atoms with E-state index in [1.807, 2.05) is 0 Å². The summed E-state index contributed by atoms with van der Waals surface area (Å²) in [6.07, 6.45) is 0. The molecule has 0 amide bonds. The molecule has 8 rings (SSSR count). The SMILES string of the molecule is Cc1cccc(C)c1N(c1ccccc1)c1ccc2cc3c(cc2c1)-c1cc2ccc(-c4ccccc4)cc2cc1-3. The van der Waals surface area contributed by atoms with E-state index in [1.54, 1.807) is 0 Å². The van der Waals surface area contributed by atoms with Gasteiger partial charge >= 0.3 is 0 Å². The molecule has 0 saturated carbocycles. The Kier molecular flexibility index (Phi) is 5.33. The van der Waals surface area contributed by atoms with Crippen LogP contribution in [0.4, 0.5) is 17.1 Å². The number of anilines is 3. The molecule has 1 aliphatic carbocycles. The molecular weight excluding hydrogens is 494 g/mol. The van der Waals surface area contributed by atoms with Crippen LogP contribution in [0.25, 0.3) is 54.9 Å². The van der Waals surface area contributed by atoms with Gasteiger partial charge in [0.1, 0.15) is 0 Å². The molecule has 0 saturated heterocycles. The van der Waals surface area contributed by atoms with Crippen molar-refractivity contribution in [3.63, 3.8) is 0 Å². The molecule has 0 fully saturated rings. The van der Waals surface area contributed by atoms with Crippen LogP contribution in [0.1, 0.15) is 11.1 Å². The van der Waals surface area contributed by atoms with Crippen molar-refractivity contribution >= 4 is 38.6 Å². The highest BCUT2D eigenvalue weighted by Crippen LogP contribution is 2.51. The Hall–Kier alpha value is -5.14. The van der Waals surface area contributed by atoms with Gasteiger partial charge in [0.05, 0.1) is 5.69 Å². The van der Waals surface area contributed by atoms with Crippen LogP contribution in [0, 0.1) is 13.8 Å². The maximum Gasteiger partial charge on any atom is 0.0519 e. The van der Waals surface area contributed by atoms with E-state index in [0.29, 0.717) is 0 Å². The van der Waals surface area contributed by atoms with Crippen molar-refractivity contribution in [1.82, 2.24) is 0 Å². The lowest BCUT2D eigenvalue weighted by Gasteiger charge is -2.29. The smallest absolute Gasteiger partial charge is 0.0519 e. The van der Waals surface area contributed by atoms with Gasteiger partial charge in [0.15, 0.2) is 0 Å². The first-order valence-corrected chi connectivity index (χ1v) is 14.3. The number of fused-ring (bicyclic) bond motifs is 6. The zero-order valence-electron chi connectivity index (χ0n) is 23.2. The minimum absolute atomic E-state index is 1.17. The van der Waals surface area contributed by atoms with Gasteiger partial charge in [0.25, 0.3) is 0 Å². The third-order valence-electron chi connectivity index (χ3n) is 8.56. The average molecular weight is 524 g/mol. The molecule has 194 valence electrons. The summed E-state index contributed by atoms with van der Waals surface area (Å²) >= 11 is 0. The molecule has 41 heavy (non-hydrogen) atoms. The molecule has 0 aliphatic heterocycles. The first-order chi connectivity index (χ1) is 20.1. The van der Waals surface area contributed by atoms with Crippen LogP contribution in [0.15, 0.2) is 140 Å². The molecule has 0 bridgehead atoms. The molecule has 0 unspecified atom stereocenters. The molecule has 0 spiro atoms. The maximum atomic E-state index is 2.40. The second-order valence-corrected chi connectivity index (χ2v) is 11.2. The molecule has 7 aromatic rings. The number of rotatable bonds is 4. The van der Waals surface area contributed by atoms with Crippen LogP contribution < -0.4 is 4.90 Å². The van der Waals surface area contributed by atoms with Crippen molar-refractivity contribution < 1.29 is 0 Å². The fraction of sp³-hybridized carbons (Fsp3) is 0.0500. The van der Waals surface area contributed by atoms with Crippen molar-refractivity contribution in [3.05, 3.63) is 151 Å². The zero-order valence-corrected chi connectivity index (χ0v) is 23.2. The molecule has 0 aromatic heterocycles. The summed E-state index contributed by atoms with van der Waals surface area (Å²) in [4.78, 5) is 2.40. The van der Waals surface area contributed by atoms with E-state index in [2.05, 4.69) is 158 Å². The van der Waals surface area contributed by atoms with E-state index in [9.17, 15) is 0 Å². The highest BCUT2D eigenvalue weighted by Gasteiger charge is 2.24. The van der Waals surface area contributed by atoms with Crippen LogP contribution in [-0.4, -0.2) is 0 Å². The van der Waals surface area contributed by atoms with E-state index in [1.165, 1.54) is 83.1 Å². The Labute approximate surface area is 241 Å². The quantitative estimate of drug-likeness (QED) is 0.222. The standard InChI is InChI=1S/C40H29N/c1-26-10-9-11-27(2)40(26)41(34-14-7-4-8-15-34)35-19-18-31-23-37-38-24-32-20-29(28-12-5-3-6-13-28)16-17-30(32)22-36(38)39(37)25-33(31)21-35/h3-25H,1-2H3. The lowest BCUT2D eigenvalue weighted by molar-refractivity contribution is 1.22. The normalized spacial score (nSPS) is 11.7. The lowest BCUT2D eigenvalue weighted by atomic mass is 9.77. The Morgan fingerprint density at radius 3 is 1.54 bits per heavy atom. The fourth-order valence-electron chi connectivity index (χ4n) is 6.50. The Morgan fingerprint density at radius 2 is 0.902 bits per heavy atom. The van der Waals surface area contributed by atoms with Gasteiger partial charge in [-0.15, -0.1) is 0 Å². The van der Waals surface area contributed by atoms with Gasteiger partial charge < -0.3 is 4.90 Å². The summed E-state index contributed by atoms with van der Waals surface area (Å²) in [5.74, 6) is 0. The number of nitrogens with zero attached hydrogens (tertiary/aromatic N) is 1. The number of hydrogen-bond donors (Lipinski definition) is 0. The molecule has 1 nitrogen and oxygen atoms in total. The third-order valence-corrected chi connectivity index (χ3v) is 8.56. The second-order valence-electron chi connectivity index (χ2n) is 11.2.